The van der Waals surface area contributed by atoms with E-state index < -0.39 is 0 Å². The van der Waals surface area contributed by atoms with E-state index in [0.29, 0.717) is 11.5 Å². The van der Waals surface area contributed by atoms with Crippen molar-refractivity contribution in [2.45, 2.75) is 47.1 Å². The van der Waals surface area contributed by atoms with Gasteiger partial charge < -0.3 is 0 Å². The van der Waals surface area contributed by atoms with Crippen LogP contribution in [0.25, 0.3) is 0 Å². The van der Waals surface area contributed by atoms with Crippen molar-refractivity contribution in [3.8, 4) is 0 Å². The van der Waals surface area contributed by atoms with Crippen LogP contribution in [0.3, 0.4) is 0 Å². The summed E-state index contributed by atoms with van der Waals surface area (Å²) in [5, 5.41) is 4.32. The number of rotatable bonds is 2. The van der Waals surface area contributed by atoms with E-state index in [1.807, 2.05) is 10.9 Å². The Morgan fingerprint density at radius 2 is 2.00 bits per heavy atom. The van der Waals surface area contributed by atoms with Crippen LogP contribution >= 0.6 is 0 Å². The monoisotopic (exact) mass is 180 g/mol. The summed E-state index contributed by atoms with van der Waals surface area (Å²) >= 11 is 0. The Labute approximate surface area is 81.0 Å². The highest BCUT2D eigenvalue weighted by Gasteiger charge is 2.12. The summed E-state index contributed by atoms with van der Waals surface area (Å²) in [5.74, 6) is 0. The normalized spacial score (nSPS) is 12.5. The van der Waals surface area contributed by atoms with Crippen LogP contribution in [0.4, 0.5) is 0 Å². The molecule has 0 saturated carbocycles. The van der Waals surface area contributed by atoms with E-state index in [2.05, 4.69) is 45.9 Å². The lowest BCUT2D eigenvalue weighted by Gasteiger charge is -2.16. The van der Waals surface area contributed by atoms with Gasteiger partial charge in [0.15, 0.2) is 0 Å². The lowest BCUT2D eigenvalue weighted by Crippen LogP contribution is -2.08. The Morgan fingerprint density at radius 3 is 2.38 bits per heavy atom. The third-order valence-corrected chi connectivity index (χ3v) is 1.92. The summed E-state index contributed by atoms with van der Waals surface area (Å²) in [6.45, 7) is 11.0. The number of aromatic nitrogens is 2. The van der Waals surface area contributed by atoms with Gasteiger partial charge in [-0.05, 0) is 31.2 Å². The van der Waals surface area contributed by atoms with Gasteiger partial charge in [0.1, 0.15) is 0 Å². The molecule has 2 nitrogen and oxygen atoms in total. The molecule has 0 unspecified atom stereocenters. The summed E-state index contributed by atoms with van der Waals surface area (Å²) in [4.78, 5) is 0. The third-order valence-electron chi connectivity index (χ3n) is 1.92. The predicted octanol–water partition coefficient (Wildman–Crippen LogP) is 3.05. The van der Waals surface area contributed by atoms with Crippen molar-refractivity contribution in [3.63, 3.8) is 0 Å². The van der Waals surface area contributed by atoms with Crippen LogP contribution in [-0.4, -0.2) is 9.78 Å². The van der Waals surface area contributed by atoms with Crippen LogP contribution < -0.4 is 0 Å². The molecule has 0 aliphatic rings. The molecule has 0 saturated heterocycles. The Kier molecular flexibility index (Phi) is 2.79. The molecule has 0 fully saturated rings. The van der Waals surface area contributed by atoms with Crippen LogP contribution in [0.1, 0.15) is 46.2 Å². The van der Waals surface area contributed by atoms with Gasteiger partial charge in [-0.3, -0.25) is 4.68 Å². The van der Waals surface area contributed by atoms with Gasteiger partial charge in [-0.1, -0.05) is 20.8 Å². The zero-order valence-corrected chi connectivity index (χ0v) is 9.33. The van der Waals surface area contributed by atoms with Gasteiger partial charge in [0, 0.05) is 12.2 Å². The summed E-state index contributed by atoms with van der Waals surface area (Å²) < 4.78 is 2.01. The van der Waals surface area contributed by atoms with Gasteiger partial charge >= 0.3 is 0 Å². The smallest absolute Gasteiger partial charge is 0.0522 e. The van der Waals surface area contributed by atoms with E-state index in [-0.39, 0.29) is 0 Å². The van der Waals surface area contributed by atoms with Gasteiger partial charge in [-0.15, -0.1) is 0 Å². The molecule has 1 aromatic heterocycles. The zero-order chi connectivity index (χ0) is 10.1. The first kappa shape index (κ1) is 10.3. The molecule has 0 atom stereocenters. The molecule has 0 radical (unpaired) electrons. The van der Waals surface area contributed by atoms with E-state index in [1.54, 1.807) is 0 Å². The lowest BCUT2D eigenvalue weighted by molar-refractivity contribution is 0.410. The molecule has 0 bridgehead atoms. The molecular weight excluding hydrogens is 160 g/mol. The molecule has 2 heteroatoms. The minimum atomic E-state index is 0.352. The van der Waals surface area contributed by atoms with Crippen molar-refractivity contribution < 1.29 is 0 Å². The highest BCUT2D eigenvalue weighted by Crippen LogP contribution is 2.20. The van der Waals surface area contributed by atoms with Gasteiger partial charge in [0.05, 0.1) is 6.20 Å². The first-order valence-electron chi connectivity index (χ1n) is 4.91. The minimum absolute atomic E-state index is 0.352. The molecule has 13 heavy (non-hydrogen) atoms. The van der Waals surface area contributed by atoms with E-state index in [4.69, 9.17) is 0 Å². The van der Waals surface area contributed by atoms with Crippen molar-refractivity contribution in [1.29, 1.82) is 0 Å². The standard InChI is InChI=1S/C11H20N2/c1-9(2)13-8-10(7-12-13)6-11(3,4)5/h7-9H,6H2,1-5H3. The Bertz CT molecular complexity index is 266. The number of nitrogens with zero attached hydrogens (tertiary/aromatic N) is 2. The Morgan fingerprint density at radius 1 is 1.38 bits per heavy atom. The van der Waals surface area contributed by atoms with Crippen molar-refractivity contribution >= 4 is 0 Å². The predicted molar refractivity (Wildman–Crippen MR) is 55.8 cm³/mol. The van der Waals surface area contributed by atoms with Crippen molar-refractivity contribution in [2.75, 3.05) is 0 Å². The Balaban J connectivity index is 2.70. The highest BCUT2D eigenvalue weighted by atomic mass is 15.3. The SMILES string of the molecule is CC(C)n1cc(CC(C)(C)C)cn1. The summed E-state index contributed by atoms with van der Waals surface area (Å²) in [7, 11) is 0. The molecule has 1 aromatic rings. The quantitative estimate of drug-likeness (QED) is 0.684. The van der Waals surface area contributed by atoms with Crippen molar-refractivity contribution in [2.24, 2.45) is 5.41 Å². The molecule has 0 aromatic carbocycles. The van der Waals surface area contributed by atoms with Crippen molar-refractivity contribution in [3.05, 3.63) is 18.0 Å². The van der Waals surface area contributed by atoms with E-state index in [0.717, 1.165) is 6.42 Å². The average molecular weight is 180 g/mol. The number of hydrogen-bond donors (Lipinski definition) is 0. The van der Waals surface area contributed by atoms with Crippen LogP contribution in [0, 0.1) is 5.41 Å². The average Bonchev–Trinajstić information content (AvgIpc) is 2.31. The van der Waals surface area contributed by atoms with E-state index in [1.165, 1.54) is 5.56 Å². The molecule has 0 amide bonds. The molecule has 74 valence electrons. The van der Waals surface area contributed by atoms with Gasteiger partial charge in [0.25, 0.3) is 0 Å². The molecule has 1 heterocycles. The molecule has 1 rings (SSSR count). The maximum absolute atomic E-state index is 4.32. The lowest BCUT2D eigenvalue weighted by atomic mass is 9.89. The second-order valence-electron chi connectivity index (χ2n) is 5.16. The molecule has 0 aliphatic heterocycles. The largest absolute Gasteiger partial charge is 0.270 e. The molecule has 0 spiro atoms. The molecule has 0 aliphatic carbocycles. The van der Waals surface area contributed by atoms with Crippen LogP contribution in [0.5, 0.6) is 0 Å². The fraction of sp³-hybridized carbons (Fsp3) is 0.727. The topological polar surface area (TPSA) is 17.8 Å². The maximum Gasteiger partial charge on any atom is 0.0522 e. The summed E-state index contributed by atoms with van der Waals surface area (Å²) in [6.07, 6.45) is 5.22. The first-order chi connectivity index (χ1) is 5.88. The van der Waals surface area contributed by atoms with Crippen molar-refractivity contribution in [1.82, 2.24) is 9.78 Å². The fourth-order valence-electron chi connectivity index (χ4n) is 1.36. The maximum atomic E-state index is 4.32. The van der Waals surface area contributed by atoms with Gasteiger partial charge in [0.2, 0.25) is 0 Å². The first-order valence-corrected chi connectivity index (χ1v) is 4.91. The number of hydrogen-bond acceptors (Lipinski definition) is 1. The molecule has 0 N–H and O–H groups in total. The van der Waals surface area contributed by atoms with Gasteiger partial charge in [-0.25, -0.2) is 0 Å². The minimum Gasteiger partial charge on any atom is -0.270 e. The summed E-state index contributed by atoms with van der Waals surface area (Å²) in [6, 6.07) is 0.466. The second kappa shape index (κ2) is 3.52. The molecular formula is C11H20N2. The third kappa shape index (κ3) is 3.21. The van der Waals surface area contributed by atoms with Crippen LogP contribution in [-0.2, 0) is 6.42 Å². The second-order valence-corrected chi connectivity index (χ2v) is 5.16. The van der Waals surface area contributed by atoms with Crippen LogP contribution in [0.2, 0.25) is 0 Å². The summed E-state index contributed by atoms with van der Waals surface area (Å²) in [5.41, 5.74) is 1.69. The van der Waals surface area contributed by atoms with Crippen LogP contribution in [0.15, 0.2) is 12.4 Å². The van der Waals surface area contributed by atoms with E-state index >= 15 is 0 Å². The van der Waals surface area contributed by atoms with E-state index in [9.17, 15) is 0 Å². The zero-order valence-electron chi connectivity index (χ0n) is 9.33. The Hall–Kier alpha value is -0.790. The van der Waals surface area contributed by atoms with Gasteiger partial charge in [-0.2, -0.15) is 5.10 Å². The highest BCUT2D eigenvalue weighted by molar-refractivity contribution is 5.06. The fourth-order valence-corrected chi connectivity index (χ4v) is 1.36.